The summed E-state index contributed by atoms with van der Waals surface area (Å²) in [6.45, 7) is 5.88. The first-order valence-electron chi connectivity index (χ1n) is 10.8. The van der Waals surface area contributed by atoms with Crippen LogP contribution in [-0.2, 0) is 19.6 Å². The van der Waals surface area contributed by atoms with Gasteiger partial charge in [0.25, 0.3) is 5.91 Å². The van der Waals surface area contributed by atoms with E-state index in [4.69, 9.17) is 13.9 Å². The Bertz CT molecular complexity index is 1000. The van der Waals surface area contributed by atoms with Crippen LogP contribution in [0, 0.1) is 0 Å². The van der Waals surface area contributed by atoms with Crippen LogP contribution >= 0.6 is 0 Å². The van der Waals surface area contributed by atoms with E-state index in [1.165, 1.54) is 6.26 Å². The minimum atomic E-state index is -0.254. The van der Waals surface area contributed by atoms with Gasteiger partial charge in [-0.1, -0.05) is 43.3 Å². The maximum absolute atomic E-state index is 12.5. The Morgan fingerprint density at radius 3 is 2.59 bits per heavy atom. The summed E-state index contributed by atoms with van der Waals surface area (Å²) in [7, 11) is 3.29. The number of carbonyl (C=O) groups is 1. The molecule has 0 saturated carbocycles. The molecule has 0 spiro atoms. The maximum atomic E-state index is 12.5. The molecule has 1 aromatic heterocycles. The number of rotatable bonds is 11. The van der Waals surface area contributed by atoms with E-state index in [0.717, 1.165) is 29.0 Å². The minimum Gasteiger partial charge on any atom is -0.497 e. The zero-order chi connectivity index (χ0) is 22.9. The van der Waals surface area contributed by atoms with Crippen molar-refractivity contribution in [2.45, 2.75) is 45.9 Å². The predicted octanol–water partition coefficient (Wildman–Crippen LogP) is 4.42. The van der Waals surface area contributed by atoms with Gasteiger partial charge < -0.3 is 19.2 Å². The number of hydrogen-bond acceptors (Lipinski definition) is 6. The van der Waals surface area contributed by atoms with Crippen molar-refractivity contribution < 1.29 is 18.7 Å². The molecule has 2 aromatic carbocycles. The Labute approximate surface area is 189 Å². The lowest BCUT2D eigenvalue weighted by atomic mass is 10.1. The molecule has 0 aliphatic heterocycles. The second-order valence-corrected chi connectivity index (χ2v) is 7.63. The first kappa shape index (κ1) is 23.3. The van der Waals surface area contributed by atoms with Crippen molar-refractivity contribution in [1.29, 1.82) is 0 Å². The van der Waals surface area contributed by atoms with E-state index in [0.29, 0.717) is 25.5 Å². The van der Waals surface area contributed by atoms with Gasteiger partial charge in [0.2, 0.25) is 5.89 Å². The van der Waals surface area contributed by atoms with E-state index in [9.17, 15) is 4.79 Å². The monoisotopic (exact) mass is 437 g/mol. The lowest BCUT2D eigenvalue weighted by molar-refractivity contribution is 0.0945. The first-order chi connectivity index (χ1) is 15.5. The lowest BCUT2D eigenvalue weighted by Crippen LogP contribution is -2.32. The van der Waals surface area contributed by atoms with Crippen LogP contribution in [-0.4, -0.2) is 36.1 Å². The van der Waals surface area contributed by atoms with E-state index >= 15 is 0 Å². The van der Waals surface area contributed by atoms with E-state index < -0.39 is 0 Å². The van der Waals surface area contributed by atoms with Crippen molar-refractivity contribution >= 4 is 5.91 Å². The third kappa shape index (κ3) is 6.11. The number of nitrogens with one attached hydrogen (secondary N) is 1. The molecule has 7 nitrogen and oxygen atoms in total. The molecule has 0 aliphatic carbocycles. The summed E-state index contributed by atoms with van der Waals surface area (Å²) in [5.74, 6) is 1.77. The summed E-state index contributed by atoms with van der Waals surface area (Å²) in [6.07, 6.45) is 2.38. The summed E-state index contributed by atoms with van der Waals surface area (Å²) in [4.78, 5) is 19.1. The Morgan fingerprint density at radius 1 is 1.12 bits per heavy atom. The first-order valence-corrected chi connectivity index (χ1v) is 10.8. The van der Waals surface area contributed by atoms with E-state index in [1.54, 1.807) is 14.2 Å². The molecule has 3 rings (SSSR count). The van der Waals surface area contributed by atoms with Crippen LogP contribution < -0.4 is 14.8 Å². The van der Waals surface area contributed by atoms with Crippen LogP contribution in [0.1, 0.15) is 47.8 Å². The smallest absolute Gasteiger partial charge is 0.273 e. The van der Waals surface area contributed by atoms with Gasteiger partial charge in [-0.05, 0) is 25.0 Å². The maximum Gasteiger partial charge on any atom is 0.273 e. The summed E-state index contributed by atoms with van der Waals surface area (Å²) in [6, 6.07) is 15.8. The fraction of sp³-hybridized carbons (Fsp3) is 0.360. The van der Waals surface area contributed by atoms with Gasteiger partial charge in [0.15, 0.2) is 5.69 Å². The molecular formula is C25H31N3O4. The van der Waals surface area contributed by atoms with Crippen LogP contribution in [0.5, 0.6) is 11.5 Å². The highest BCUT2D eigenvalue weighted by Gasteiger charge is 2.20. The molecule has 0 bridgehead atoms. The number of hydrogen-bond donors (Lipinski definition) is 1. The number of carbonyl (C=O) groups excluding carboxylic acids is 1. The second kappa shape index (κ2) is 11.3. The topological polar surface area (TPSA) is 76.8 Å². The normalized spacial score (nSPS) is 11.9. The van der Waals surface area contributed by atoms with Crippen LogP contribution in [0.4, 0.5) is 0 Å². The van der Waals surface area contributed by atoms with Crippen LogP contribution in [0.2, 0.25) is 0 Å². The third-order valence-corrected chi connectivity index (χ3v) is 5.50. The fourth-order valence-electron chi connectivity index (χ4n) is 3.36. The predicted molar refractivity (Wildman–Crippen MR) is 123 cm³/mol. The molecule has 0 aliphatic rings. The number of methoxy groups -OCH3 is 2. The van der Waals surface area contributed by atoms with Crippen molar-refractivity contribution in [3.63, 3.8) is 0 Å². The average Bonchev–Trinajstić information content (AvgIpc) is 3.31. The third-order valence-electron chi connectivity index (χ3n) is 5.50. The molecule has 1 N–H and O–H groups in total. The Kier molecular flexibility index (Phi) is 8.27. The fourth-order valence-corrected chi connectivity index (χ4v) is 3.36. The lowest BCUT2D eigenvalue weighted by Gasteiger charge is -2.27. The Balaban J connectivity index is 1.67. The van der Waals surface area contributed by atoms with Gasteiger partial charge in [-0.2, -0.15) is 0 Å². The summed E-state index contributed by atoms with van der Waals surface area (Å²) >= 11 is 0. The molecule has 0 radical (unpaired) electrons. The van der Waals surface area contributed by atoms with Gasteiger partial charge in [-0.15, -0.1) is 0 Å². The largest absolute Gasteiger partial charge is 0.497 e. The van der Waals surface area contributed by atoms with Gasteiger partial charge >= 0.3 is 0 Å². The van der Waals surface area contributed by atoms with Gasteiger partial charge in [0, 0.05) is 30.8 Å². The van der Waals surface area contributed by atoms with E-state index in [1.807, 2.05) is 48.5 Å². The van der Waals surface area contributed by atoms with Crippen molar-refractivity contribution in [3.8, 4) is 11.5 Å². The summed E-state index contributed by atoms with van der Waals surface area (Å²) < 4.78 is 16.5. The zero-order valence-corrected chi connectivity index (χ0v) is 19.1. The van der Waals surface area contributed by atoms with Crippen LogP contribution in [0.25, 0.3) is 0 Å². The SMILES string of the molecule is CC[C@H](C)N(Cc1nc(C(=O)NCc2ccccc2)co1)Cc1ccc(OC)cc1OC. The molecule has 32 heavy (non-hydrogen) atoms. The highest BCUT2D eigenvalue weighted by atomic mass is 16.5. The van der Waals surface area contributed by atoms with E-state index in [2.05, 4.69) is 29.0 Å². The zero-order valence-electron chi connectivity index (χ0n) is 19.1. The van der Waals surface area contributed by atoms with Gasteiger partial charge in [0.1, 0.15) is 17.8 Å². The number of aromatic nitrogens is 1. The number of benzene rings is 2. The number of nitrogens with zero attached hydrogens (tertiary/aromatic N) is 2. The summed E-state index contributed by atoms with van der Waals surface area (Å²) in [5.41, 5.74) is 2.35. The number of ether oxygens (including phenoxy) is 2. The Hall–Kier alpha value is -3.32. The molecule has 0 fully saturated rings. The van der Waals surface area contributed by atoms with Gasteiger partial charge in [0.05, 0.1) is 20.8 Å². The second-order valence-electron chi connectivity index (χ2n) is 7.63. The average molecular weight is 438 g/mol. The molecule has 3 aromatic rings. The molecule has 1 heterocycles. The quantitative estimate of drug-likeness (QED) is 0.478. The number of oxazole rings is 1. The molecular weight excluding hydrogens is 406 g/mol. The highest BCUT2D eigenvalue weighted by molar-refractivity contribution is 5.91. The van der Waals surface area contributed by atoms with Crippen molar-refractivity contribution in [1.82, 2.24) is 15.2 Å². The van der Waals surface area contributed by atoms with Crippen LogP contribution in [0.3, 0.4) is 0 Å². The molecule has 7 heteroatoms. The van der Waals surface area contributed by atoms with Crippen molar-refractivity contribution in [2.24, 2.45) is 0 Å². The highest BCUT2D eigenvalue weighted by Crippen LogP contribution is 2.27. The molecule has 1 amide bonds. The molecule has 0 unspecified atom stereocenters. The van der Waals surface area contributed by atoms with Gasteiger partial charge in [-0.3, -0.25) is 9.69 Å². The van der Waals surface area contributed by atoms with Crippen LogP contribution in [0.15, 0.2) is 59.2 Å². The Morgan fingerprint density at radius 2 is 1.91 bits per heavy atom. The van der Waals surface area contributed by atoms with Crippen molar-refractivity contribution in [3.05, 3.63) is 77.5 Å². The van der Waals surface area contributed by atoms with Crippen molar-refractivity contribution in [2.75, 3.05) is 14.2 Å². The number of amides is 1. The molecule has 1 atom stereocenters. The standard InChI is InChI=1S/C25H31N3O4/c1-5-18(2)28(15-20-11-12-21(30-3)13-23(20)31-4)16-24-27-22(17-32-24)25(29)26-14-19-9-7-6-8-10-19/h6-13,17-18H,5,14-16H2,1-4H3,(H,26,29)/t18-/m0/s1. The van der Waals surface area contributed by atoms with E-state index in [-0.39, 0.29) is 17.6 Å². The summed E-state index contributed by atoms with van der Waals surface area (Å²) in [5, 5.41) is 2.88. The molecule has 170 valence electrons. The van der Waals surface area contributed by atoms with Gasteiger partial charge in [-0.25, -0.2) is 4.98 Å². The minimum absolute atomic E-state index is 0.254. The molecule has 0 saturated heterocycles.